The second-order valence-corrected chi connectivity index (χ2v) is 7.10. The van der Waals surface area contributed by atoms with Crippen molar-refractivity contribution in [1.82, 2.24) is 9.55 Å². The maximum atomic E-state index is 12.8. The molecule has 0 aliphatic carbocycles. The van der Waals surface area contributed by atoms with E-state index in [-0.39, 0.29) is 5.56 Å². The second kappa shape index (κ2) is 10.6. The zero-order chi connectivity index (χ0) is 18.1. The number of aromatic nitrogens is 2. The molecule has 0 unspecified atom stereocenters. The van der Waals surface area contributed by atoms with Crippen LogP contribution in [-0.2, 0) is 13.0 Å². The van der Waals surface area contributed by atoms with Gasteiger partial charge < -0.3 is 5.73 Å². The third-order valence-corrected chi connectivity index (χ3v) is 4.82. The van der Waals surface area contributed by atoms with Gasteiger partial charge in [-0.05, 0) is 37.6 Å². The van der Waals surface area contributed by atoms with Gasteiger partial charge in [-0.3, -0.25) is 9.36 Å². The van der Waals surface area contributed by atoms with Gasteiger partial charge in [-0.2, -0.15) is 0 Å². The van der Waals surface area contributed by atoms with E-state index in [4.69, 9.17) is 22.3 Å². The summed E-state index contributed by atoms with van der Waals surface area (Å²) in [5, 5.41) is 1.24. The largest absolute Gasteiger partial charge is 0.330 e. The summed E-state index contributed by atoms with van der Waals surface area (Å²) in [5.41, 5.74) is 6.35. The molecule has 0 atom stereocenters. The number of nitrogens with zero attached hydrogens (tertiary/aromatic N) is 2. The molecule has 1 aromatic heterocycles. The molecule has 0 saturated carbocycles. The number of hydrogen-bond donors (Lipinski definition) is 1. The first-order chi connectivity index (χ1) is 12.2. The van der Waals surface area contributed by atoms with Crippen molar-refractivity contribution in [3.05, 3.63) is 39.4 Å². The summed E-state index contributed by atoms with van der Waals surface area (Å²) in [5.74, 6) is 0.863. The zero-order valence-electron chi connectivity index (χ0n) is 15.3. The van der Waals surface area contributed by atoms with Crippen molar-refractivity contribution in [2.24, 2.45) is 5.73 Å². The van der Waals surface area contributed by atoms with E-state index in [1.807, 2.05) is 0 Å². The molecule has 5 heteroatoms. The first-order valence-electron chi connectivity index (χ1n) is 9.56. The summed E-state index contributed by atoms with van der Waals surface area (Å²) < 4.78 is 1.81. The zero-order valence-corrected chi connectivity index (χ0v) is 16.0. The molecule has 0 saturated heterocycles. The molecule has 1 aromatic carbocycles. The first-order valence-corrected chi connectivity index (χ1v) is 9.94. The van der Waals surface area contributed by atoms with E-state index in [0.717, 1.165) is 25.1 Å². The summed E-state index contributed by atoms with van der Waals surface area (Å²) in [6.07, 6.45) is 10.3. The highest BCUT2D eigenvalue weighted by Gasteiger charge is 2.11. The Bertz CT molecular complexity index is 727. The van der Waals surface area contributed by atoms with Crippen LogP contribution in [0.1, 0.15) is 64.1 Å². The maximum Gasteiger partial charge on any atom is 0.261 e. The normalized spacial score (nSPS) is 11.3. The standard InChI is InChI=1S/C20H30ClN3O/c1-2-3-4-5-6-7-8-10-19-23-18-15-16(21)11-12-17(18)20(25)24(19)14-9-13-22/h11-12,15H,2-10,13-14,22H2,1H3. The van der Waals surface area contributed by atoms with Gasteiger partial charge in [-0.15, -0.1) is 0 Å². The molecule has 0 aliphatic rings. The fraction of sp³-hybridized carbons (Fsp3) is 0.600. The third kappa shape index (κ3) is 5.82. The van der Waals surface area contributed by atoms with Crippen LogP contribution in [0.15, 0.2) is 23.0 Å². The second-order valence-electron chi connectivity index (χ2n) is 6.66. The average Bonchev–Trinajstić information content (AvgIpc) is 2.60. The Kier molecular flexibility index (Phi) is 8.42. The van der Waals surface area contributed by atoms with Crippen molar-refractivity contribution in [3.8, 4) is 0 Å². The monoisotopic (exact) mass is 363 g/mol. The number of halogens is 1. The molecule has 1 heterocycles. The number of fused-ring (bicyclic) bond motifs is 1. The molecule has 2 rings (SSSR count). The van der Waals surface area contributed by atoms with Crippen molar-refractivity contribution in [3.63, 3.8) is 0 Å². The Labute approximate surface area is 155 Å². The molecule has 0 radical (unpaired) electrons. The highest BCUT2D eigenvalue weighted by Crippen LogP contribution is 2.17. The summed E-state index contributed by atoms with van der Waals surface area (Å²) in [6.45, 7) is 3.44. The fourth-order valence-electron chi connectivity index (χ4n) is 3.15. The van der Waals surface area contributed by atoms with Gasteiger partial charge in [0.2, 0.25) is 0 Å². The summed E-state index contributed by atoms with van der Waals surface area (Å²) >= 11 is 6.07. The smallest absolute Gasteiger partial charge is 0.261 e. The minimum Gasteiger partial charge on any atom is -0.330 e. The van der Waals surface area contributed by atoms with Crippen LogP contribution < -0.4 is 11.3 Å². The Hall–Kier alpha value is -1.39. The first kappa shape index (κ1) is 19.9. The molecule has 0 amide bonds. The quantitative estimate of drug-likeness (QED) is 0.589. The topological polar surface area (TPSA) is 60.9 Å². The highest BCUT2D eigenvalue weighted by atomic mass is 35.5. The van der Waals surface area contributed by atoms with Crippen LogP contribution in [0.3, 0.4) is 0 Å². The molecule has 2 aromatic rings. The van der Waals surface area contributed by atoms with E-state index in [9.17, 15) is 4.79 Å². The molecular weight excluding hydrogens is 334 g/mol. The van der Waals surface area contributed by atoms with E-state index in [0.29, 0.717) is 29.0 Å². The van der Waals surface area contributed by atoms with Gasteiger partial charge in [0.05, 0.1) is 10.9 Å². The van der Waals surface area contributed by atoms with Crippen molar-refractivity contribution in [1.29, 1.82) is 0 Å². The van der Waals surface area contributed by atoms with Crippen molar-refractivity contribution >= 4 is 22.5 Å². The summed E-state index contributed by atoms with van der Waals surface area (Å²) in [4.78, 5) is 17.5. The SMILES string of the molecule is CCCCCCCCCc1nc2cc(Cl)ccc2c(=O)n1CCCN. The minimum absolute atomic E-state index is 0.0214. The van der Waals surface area contributed by atoms with Crippen LogP contribution in [0.4, 0.5) is 0 Å². The van der Waals surface area contributed by atoms with E-state index >= 15 is 0 Å². The number of aryl methyl sites for hydroxylation is 1. The summed E-state index contributed by atoms with van der Waals surface area (Å²) in [6, 6.07) is 5.29. The van der Waals surface area contributed by atoms with Gasteiger partial charge in [0.1, 0.15) is 5.82 Å². The number of hydrogen-bond acceptors (Lipinski definition) is 3. The molecule has 25 heavy (non-hydrogen) atoms. The molecule has 0 aliphatic heterocycles. The van der Waals surface area contributed by atoms with E-state index in [1.165, 1.54) is 38.5 Å². The van der Waals surface area contributed by atoms with Crippen LogP contribution in [0.2, 0.25) is 5.02 Å². The number of unbranched alkanes of at least 4 members (excludes halogenated alkanes) is 6. The molecule has 2 N–H and O–H groups in total. The Balaban J connectivity index is 2.11. The van der Waals surface area contributed by atoms with Crippen molar-refractivity contribution in [2.75, 3.05) is 6.54 Å². The predicted octanol–water partition coefficient (Wildman–Crippen LogP) is 4.69. The van der Waals surface area contributed by atoms with E-state index in [1.54, 1.807) is 22.8 Å². The predicted molar refractivity (Wildman–Crippen MR) is 106 cm³/mol. The van der Waals surface area contributed by atoms with Gasteiger partial charge in [0.15, 0.2) is 0 Å². The van der Waals surface area contributed by atoms with Gasteiger partial charge in [0, 0.05) is 18.0 Å². The van der Waals surface area contributed by atoms with Gasteiger partial charge >= 0.3 is 0 Å². The maximum absolute atomic E-state index is 12.8. The van der Waals surface area contributed by atoms with Crippen LogP contribution in [0, 0.1) is 0 Å². The van der Waals surface area contributed by atoms with Gasteiger partial charge in [0.25, 0.3) is 5.56 Å². The van der Waals surface area contributed by atoms with Gasteiger partial charge in [-0.1, -0.05) is 57.0 Å². The molecule has 138 valence electrons. The molecular formula is C20H30ClN3O. The lowest BCUT2D eigenvalue weighted by atomic mass is 10.1. The number of rotatable bonds is 11. The fourth-order valence-corrected chi connectivity index (χ4v) is 3.32. The molecule has 0 fully saturated rings. The Morgan fingerprint density at radius 2 is 1.80 bits per heavy atom. The molecule has 4 nitrogen and oxygen atoms in total. The van der Waals surface area contributed by atoms with Crippen molar-refractivity contribution < 1.29 is 0 Å². The van der Waals surface area contributed by atoms with E-state index in [2.05, 4.69) is 6.92 Å². The molecule has 0 spiro atoms. The van der Waals surface area contributed by atoms with Gasteiger partial charge in [-0.25, -0.2) is 4.98 Å². The van der Waals surface area contributed by atoms with Crippen molar-refractivity contribution in [2.45, 2.75) is 71.3 Å². The number of benzene rings is 1. The van der Waals surface area contributed by atoms with Crippen LogP contribution >= 0.6 is 11.6 Å². The lowest BCUT2D eigenvalue weighted by molar-refractivity contribution is 0.552. The Morgan fingerprint density at radius 1 is 1.08 bits per heavy atom. The third-order valence-electron chi connectivity index (χ3n) is 4.59. The summed E-state index contributed by atoms with van der Waals surface area (Å²) in [7, 11) is 0. The highest BCUT2D eigenvalue weighted by molar-refractivity contribution is 6.31. The van der Waals surface area contributed by atoms with E-state index < -0.39 is 0 Å². The number of nitrogens with two attached hydrogens (primary N) is 1. The van der Waals surface area contributed by atoms with Crippen LogP contribution in [0.5, 0.6) is 0 Å². The Morgan fingerprint density at radius 3 is 2.52 bits per heavy atom. The minimum atomic E-state index is 0.0214. The lowest BCUT2D eigenvalue weighted by Crippen LogP contribution is -2.26. The van der Waals surface area contributed by atoms with Crippen LogP contribution in [-0.4, -0.2) is 16.1 Å². The lowest BCUT2D eigenvalue weighted by Gasteiger charge is -2.13. The van der Waals surface area contributed by atoms with Crippen LogP contribution in [0.25, 0.3) is 10.9 Å². The average molecular weight is 364 g/mol. The molecule has 0 bridgehead atoms.